The molecule has 0 bridgehead atoms. The van der Waals surface area contributed by atoms with Crippen LogP contribution in [0, 0.1) is 0 Å². The van der Waals surface area contributed by atoms with Crippen LogP contribution in [0.4, 0.5) is 0 Å². The van der Waals surface area contributed by atoms with Crippen LogP contribution >= 0.6 is 7.82 Å². The molecule has 2 atom stereocenters. The first-order valence-electron chi connectivity index (χ1n) is 39.2. The number of nitrogens with zero attached hydrogens (tertiary/aromatic N) is 1. The molecule has 0 aromatic heterocycles. The van der Waals surface area contributed by atoms with Crippen molar-refractivity contribution in [2.75, 3.05) is 47.5 Å². The SMILES string of the molecule is CC/C=C\C/C=C\C/C=C\C/C=C\C/C=C\C/C=C\C/C=C\C/C=C\C/C=C\C/C=C\C/C=C\C/C=C\CCCCC(=O)OC(COC(=O)CCCCCCCCCCCCCCCCCCCCCCCC/C=C\C/C=C\C/C=C\C/C=C\CC)COP(=O)(O)OCC[N+](C)(C)C. The first-order valence-corrected chi connectivity index (χ1v) is 40.7. The van der Waals surface area contributed by atoms with Crippen molar-refractivity contribution in [3.8, 4) is 0 Å². The topological polar surface area (TPSA) is 108 Å². The first-order chi connectivity index (χ1) is 48.0. The van der Waals surface area contributed by atoms with Crippen LogP contribution in [-0.4, -0.2) is 74.9 Å². The van der Waals surface area contributed by atoms with Crippen molar-refractivity contribution in [3.05, 3.63) is 194 Å². The zero-order valence-electron chi connectivity index (χ0n) is 63.2. The molecular formula is C88H145NO8P+. The number of phosphoric acid groups is 1. The highest BCUT2D eigenvalue weighted by Crippen LogP contribution is 2.43. The maximum absolute atomic E-state index is 12.9. The third kappa shape index (κ3) is 79.8. The minimum absolute atomic E-state index is 0.0145. The van der Waals surface area contributed by atoms with Gasteiger partial charge in [0.2, 0.25) is 0 Å². The molecule has 10 heteroatoms. The molecular weight excluding hydrogens is 1230 g/mol. The van der Waals surface area contributed by atoms with Gasteiger partial charge < -0.3 is 18.9 Å². The molecule has 9 nitrogen and oxygen atoms in total. The highest BCUT2D eigenvalue weighted by atomic mass is 31.2. The fraction of sp³-hybridized carbons (Fsp3) is 0.614. The average molecular weight is 1380 g/mol. The highest BCUT2D eigenvalue weighted by molar-refractivity contribution is 7.47. The van der Waals surface area contributed by atoms with Gasteiger partial charge in [-0.3, -0.25) is 18.6 Å². The van der Waals surface area contributed by atoms with Gasteiger partial charge in [0.1, 0.15) is 19.8 Å². The van der Waals surface area contributed by atoms with Crippen molar-refractivity contribution in [2.24, 2.45) is 0 Å². The number of carbonyl (C=O) groups is 2. The van der Waals surface area contributed by atoms with Crippen molar-refractivity contribution >= 4 is 19.8 Å². The molecule has 2 unspecified atom stereocenters. The second kappa shape index (κ2) is 76.0. The second-order valence-corrected chi connectivity index (χ2v) is 28.1. The molecule has 0 fully saturated rings. The lowest BCUT2D eigenvalue weighted by atomic mass is 10.0. The Kier molecular flexibility index (Phi) is 72.0. The molecule has 98 heavy (non-hydrogen) atoms. The molecule has 0 aliphatic carbocycles. The fourth-order valence-electron chi connectivity index (χ4n) is 10.2. The number of ether oxygens (including phenoxy) is 2. The summed E-state index contributed by atoms with van der Waals surface area (Å²) in [7, 11) is 1.43. The Morgan fingerprint density at radius 2 is 0.551 bits per heavy atom. The van der Waals surface area contributed by atoms with Gasteiger partial charge in [-0.15, -0.1) is 0 Å². The summed E-state index contributed by atoms with van der Waals surface area (Å²) in [5.41, 5.74) is 0. The van der Waals surface area contributed by atoms with Gasteiger partial charge in [-0.25, -0.2) is 4.57 Å². The predicted octanol–water partition coefficient (Wildman–Crippen LogP) is 26.4. The van der Waals surface area contributed by atoms with Gasteiger partial charge in [0, 0.05) is 12.8 Å². The summed E-state index contributed by atoms with van der Waals surface area (Å²) in [5, 5.41) is 0. The van der Waals surface area contributed by atoms with Crippen LogP contribution in [0.1, 0.15) is 296 Å². The van der Waals surface area contributed by atoms with Gasteiger partial charge in [0.25, 0.3) is 0 Å². The summed E-state index contributed by atoms with van der Waals surface area (Å²) in [5.74, 6) is -0.853. The number of phosphoric ester groups is 1. The summed E-state index contributed by atoms with van der Waals surface area (Å²) in [6.45, 7) is 4.16. The Hall–Kier alpha value is -5.15. The van der Waals surface area contributed by atoms with Crippen LogP contribution < -0.4 is 0 Å². The van der Waals surface area contributed by atoms with Crippen molar-refractivity contribution in [1.82, 2.24) is 0 Å². The van der Waals surface area contributed by atoms with E-state index in [1.165, 1.54) is 128 Å². The molecule has 0 amide bonds. The molecule has 0 rings (SSSR count). The van der Waals surface area contributed by atoms with Crippen molar-refractivity contribution in [1.29, 1.82) is 0 Å². The molecule has 0 heterocycles. The van der Waals surface area contributed by atoms with Crippen LogP contribution in [0.25, 0.3) is 0 Å². The van der Waals surface area contributed by atoms with Crippen LogP contribution in [0.5, 0.6) is 0 Å². The van der Waals surface area contributed by atoms with E-state index in [0.717, 1.165) is 135 Å². The van der Waals surface area contributed by atoms with E-state index in [4.69, 9.17) is 18.5 Å². The first kappa shape index (κ1) is 92.8. The summed E-state index contributed by atoms with van der Waals surface area (Å²) < 4.78 is 34.7. The van der Waals surface area contributed by atoms with E-state index in [1.807, 2.05) is 21.1 Å². The van der Waals surface area contributed by atoms with Gasteiger partial charge in [0.05, 0.1) is 27.7 Å². The Labute approximate surface area is 603 Å². The minimum Gasteiger partial charge on any atom is -0.462 e. The molecule has 0 saturated carbocycles. The number of rotatable bonds is 70. The monoisotopic (exact) mass is 1380 g/mol. The molecule has 0 spiro atoms. The maximum Gasteiger partial charge on any atom is 0.472 e. The van der Waals surface area contributed by atoms with Gasteiger partial charge in [-0.1, -0.05) is 337 Å². The second-order valence-electron chi connectivity index (χ2n) is 26.6. The molecule has 1 N–H and O–H groups in total. The van der Waals surface area contributed by atoms with E-state index >= 15 is 0 Å². The van der Waals surface area contributed by atoms with Crippen molar-refractivity contribution < 1.29 is 42.1 Å². The Bertz CT molecular complexity index is 2360. The molecule has 0 aromatic carbocycles. The number of unbranched alkanes of at least 4 members (excludes halogenated alkanes) is 24. The lowest BCUT2D eigenvalue weighted by Crippen LogP contribution is -2.37. The number of esters is 2. The molecule has 0 saturated heterocycles. The predicted molar refractivity (Wildman–Crippen MR) is 426 cm³/mol. The fourth-order valence-corrected chi connectivity index (χ4v) is 11.0. The molecule has 0 aliphatic heterocycles. The van der Waals surface area contributed by atoms with Gasteiger partial charge in [0.15, 0.2) is 6.10 Å². The number of likely N-dealkylation sites (N-methyl/N-ethyl adjacent to an activating group) is 1. The highest BCUT2D eigenvalue weighted by Gasteiger charge is 2.27. The Morgan fingerprint density at radius 3 is 0.837 bits per heavy atom. The Balaban J connectivity index is 4.12. The van der Waals surface area contributed by atoms with E-state index in [-0.39, 0.29) is 32.0 Å². The standard InChI is InChI=1S/C88H144NO8P/c1-6-8-10-12-14-16-18-20-22-24-26-28-30-32-34-36-38-40-42-43-44-45-47-49-51-53-55-57-59-61-63-65-67-69-71-73-75-77-79-81-88(91)97-86(85-96-98(92,93)95-83-82-89(3,4)5)84-94-87(90)80-78-76-74-72-70-68-66-64-62-60-58-56-54-52-50-48-46-41-39-37-35-33-31-29-27-25-23-21-19-17-15-13-11-9-7-2/h8-11,14-17,20-23,26-29,32,34,38,40,43-44,47,49,53,55,59,61,65,67,71,73,86H,6-7,12-13,18-19,24-25,30-31,33,35-37,39,41-42,45-46,48,50-52,54,56-58,60,62-64,66,68-70,72,74-85H2,1-5H3/p+1/b10-8-,11-9-,16-14-,17-15-,22-20-,23-21-,28-26-,29-27-,34-32-,40-38-,44-43-,49-47-,55-53-,61-59-,67-65-,73-71-. The third-order valence-electron chi connectivity index (χ3n) is 16.1. The van der Waals surface area contributed by atoms with E-state index < -0.39 is 26.5 Å². The van der Waals surface area contributed by atoms with Crippen LogP contribution in [-0.2, 0) is 32.7 Å². The third-order valence-corrected chi connectivity index (χ3v) is 17.1. The smallest absolute Gasteiger partial charge is 0.462 e. The normalized spacial score (nSPS) is 14.1. The van der Waals surface area contributed by atoms with Crippen LogP contribution in [0.15, 0.2) is 194 Å². The summed E-state index contributed by atoms with van der Waals surface area (Å²) in [6, 6.07) is 0. The summed E-state index contributed by atoms with van der Waals surface area (Å²) in [6.07, 6.45) is 119. The molecule has 0 radical (unpaired) electrons. The number of carbonyl (C=O) groups excluding carboxylic acids is 2. The van der Waals surface area contributed by atoms with E-state index in [9.17, 15) is 19.0 Å². The van der Waals surface area contributed by atoms with Crippen LogP contribution in [0.2, 0.25) is 0 Å². The van der Waals surface area contributed by atoms with E-state index in [1.54, 1.807) is 0 Å². The summed E-state index contributed by atoms with van der Waals surface area (Å²) in [4.78, 5) is 35.9. The van der Waals surface area contributed by atoms with Gasteiger partial charge in [-0.2, -0.15) is 0 Å². The minimum atomic E-state index is -4.42. The van der Waals surface area contributed by atoms with Crippen molar-refractivity contribution in [3.63, 3.8) is 0 Å². The quantitative estimate of drug-likeness (QED) is 0.0211. The number of allylic oxidation sites excluding steroid dienone is 32. The number of quaternary nitrogens is 1. The summed E-state index contributed by atoms with van der Waals surface area (Å²) >= 11 is 0. The zero-order chi connectivity index (χ0) is 71.1. The zero-order valence-corrected chi connectivity index (χ0v) is 64.1. The Morgan fingerprint density at radius 1 is 0.316 bits per heavy atom. The van der Waals surface area contributed by atoms with Crippen LogP contribution in [0.3, 0.4) is 0 Å². The number of hydrogen-bond donors (Lipinski definition) is 1. The van der Waals surface area contributed by atoms with E-state index in [2.05, 4.69) is 208 Å². The number of hydrogen-bond acceptors (Lipinski definition) is 7. The van der Waals surface area contributed by atoms with Gasteiger partial charge >= 0.3 is 19.8 Å². The van der Waals surface area contributed by atoms with Crippen molar-refractivity contribution in [2.45, 2.75) is 302 Å². The lowest BCUT2D eigenvalue weighted by Gasteiger charge is -2.24. The molecule has 0 aromatic rings. The maximum atomic E-state index is 12.9. The van der Waals surface area contributed by atoms with E-state index in [0.29, 0.717) is 17.4 Å². The molecule has 0 aliphatic rings. The van der Waals surface area contributed by atoms with Gasteiger partial charge in [-0.05, 0) is 141 Å². The average Bonchev–Trinajstić information content (AvgIpc) is 1.23. The largest absolute Gasteiger partial charge is 0.472 e. The lowest BCUT2D eigenvalue weighted by molar-refractivity contribution is -0.870. The molecule has 554 valence electrons.